The SMILES string of the molecule is CCC(CCC(C)C1CCC2C3=CC(=O)C4CC(OC(=O)c5ccccc5)CCC4(C)C3C(O)CC21C)C(C)C. The monoisotopic (exact) mass is 548 g/mol. The number of ether oxygens (including phenoxy) is 1. The van der Waals surface area contributed by atoms with Crippen molar-refractivity contribution >= 4 is 11.8 Å². The van der Waals surface area contributed by atoms with Gasteiger partial charge in [-0.05, 0) is 104 Å². The summed E-state index contributed by atoms with van der Waals surface area (Å²) in [4.78, 5) is 26.5. The molecule has 0 bridgehead atoms. The molecule has 4 heteroatoms. The van der Waals surface area contributed by atoms with Crippen molar-refractivity contribution in [3.8, 4) is 0 Å². The zero-order chi connectivity index (χ0) is 28.8. The second-order valence-corrected chi connectivity index (χ2v) is 14.7. The minimum absolute atomic E-state index is 0.0264. The minimum Gasteiger partial charge on any atom is -0.459 e. The number of hydrogen-bond acceptors (Lipinski definition) is 4. The molecule has 40 heavy (non-hydrogen) atoms. The number of carbonyl (C=O) groups excluding carboxylic acids is 2. The predicted molar refractivity (Wildman–Crippen MR) is 160 cm³/mol. The number of aliphatic hydroxyl groups excluding tert-OH is 1. The van der Waals surface area contributed by atoms with Crippen LogP contribution >= 0.6 is 0 Å². The van der Waals surface area contributed by atoms with Gasteiger partial charge in [0.05, 0.1) is 11.7 Å². The van der Waals surface area contributed by atoms with Gasteiger partial charge in [0.2, 0.25) is 0 Å². The van der Waals surface area contributed by atoms with Gasteiger partial charge in [-0.3, -0.25) is 4.79 Å². The maximum atomic E-state index is 13.8. The second kappa shape index (κ2) is 11.4. The fourth-order valence-corrected chi connectivity index (χ4v) is 10.0. The molecule has 0 heterocycles. The number of esters is 1. The van der Waals surface area contributed by atoms with Crippen molar-refractivity contribution in [3.63, 3.8) is 0 Å². The maximum Gasteiger partial charge on any atom is 0.338 e. The Bertz CT molecular complexity index is 1110. The molecule has 0 amide bonds. The summed E-state index contributed by atoms with van der Waals surface area (Å²) in [6.07, 6.45) is 10.3. The first-order valence-electron chi connectivity index (χ1n) is 16.2. The first-order chi connectivity index (χ1) is 19.0. The highest BCUT2D eigenvalue weighted by Gasteiger charge is 2.62. The van der Waals surface area contributed by atoms with Crippen LogP contribution in [0.1, 0.15) is 110 Å². The Balaban J connectivity index is 1.32. The molecular formula is C36H52O4. The first-order valence-corrected chi connectivity index (χ1v) is 16.2. The molecule has 1 N–H and O–H groups in total. The van der Waals surface area contributed by atoms with Gasteiger partial charge < -0.3 is 9.84 Å². The van der Waals surface area contributed by atoms with Crippen molar-refractivity contribution in [2.24, 2.45) is 52.3 Å². The number of fused-ring (bicyclic) bond motifs is 5. The number of carbonyl (C=O) groups is 2. The van der Waals surface area contributed by atoms with Gasteiger partial charge in [-0.2, -0.15) is 0 Å². The number of rotatable bonds is 8. The van der Waals surface area contributed by atoms with E-state index in [4.69, 9.17) is 4.74 Å². The molecule has 3 saturated carbocycles. The highest BCUT2D eigenvalue weighted by atomic mass is 16.5. The fourth-order valence-electron chi connectivity index (χ4n) is 10.0. The zero-order valence-corrected chi connectivity index (χ0v) is 25.7. The second-order valence-electron chi connectivity index (χ2n) is 14.7. The Labute approximate surface area is 242 Å². The van der Waals surface area contributed by atoms with Crippen molar-refractivity contribution in [2.75, 3.05) is 0 Å². The van der Waals surface area contributed by atoms with E-state index in [2.05, 4.69) is 41.5 Å². The Morgan fingerprint density at radius 3 is 2.42 bits per heavy atom. The Morgan fingerprint density at radius 2 is 1.75 bits per heavy atom. The summed E-state index contributed by atoms with van der Waals surface area (Å²) in [5, 5.41) is 11.9. The standard InChI is InChI=1S/C36H52O4/c1-7-24(22(2)3)14-13-23(4)28-15-16-29-27-20-31(37)30-19-26(40-34(39)25-11-9-8-10-12-25)17-18-35(30,5)33(27)32(38)21-36(28,29)6/h8-12,20,22-24,26,28-30,32-33,38H,7,13-19,21H2,1-6H3. The van der Waals surface area contributed by atoms with Crippen LogP contribution in [0, 0.1) is 52.3 Å². The molecular weight excluding hydrogens is 496 g/mol. The zero-order valence-electron chi connectivity index (χ0n) is 25.7. The van der Waals surface area contributed by atoms with Gasteiger partial charge in [0.25, 0.3) is 0 Å². The van der Waals surface area contributed by atoms with Crippen molar-refractivity contribution in [3.05, 3.63) is 47.5 Å². The van der Waals surface area contributed by atoms with E-state index in [0.29, 0.717) is 29.7 Å². The summed E-state index contributed by atoms with van der Waals surface area (Å²) in [7, 11) is 0. The molecule has 10 atom stereocenters. The smallest absolute Gasteiger partial charge is 0.338 e. The lowest BCUT2D eigenvalue weighted by Crippen LogP contribution is -2.57. The van der Waals surface area contributed by atoms with Crippen LogP contribution in [0.5, 0.6) is 0 Å². The molecule has 0 aliphatic heterocycles. The van der Waals surface area contributed by atoms with Crippen LogP contribution in [0.25, 0.3) is 0 Å². The molecule has 0 spiro atoms. The quantitative estimate of drug-likeness (QED) is 0.334. The molecule has 1 aromatic carbocycles. The molecule has 0 aromatic heterocycles. The average molecular weight is 549 g/mol. The number of hydrogen-bond donors (Lipinski definition) is 1. The van der Waals surface area contributed by atoms with Gasteiger partial charge in [-0.15, -0.1) is 0 Å². The molecule has 1 aromatic rings. The normalized spacial score (nSPS) is 38.6. The van der Waals surface area contributed by atoms with Gasteiger partial charge in [-0.1, -0.05) is 78.2 Å². The predicted octanol–water partition coefficient (Wildman–Crippen LogP) is 8.04. The molecule has 4 nitrogen and oxygen atoms in total. The van der Waals surface area contributed by atoms with Crippen LogP contribution in [-0.4, -0.2) is 29.1 Å². The van der Waals surface area contributed by atoms with E-state index in [9.17, 15) is 14.7 Å². The van der Waals surface area contributed by atoms with E-state index in [1.54, 1.807) is 12.1 Å². The van der Waals surface area contributed by atoms with Crippen molar-refractivity contribution < 1.29 is 19.4 Å². The molecule has 0 radical (unpaired) electrons. The third-order valence-corrected chi connectivity index (χ3v) is 12.3. The Morgan fingerprint density at radius 1 is 1.02 bits per heavy atom. The number of ketones is 1. The van der Waals surface area contributed by atoms with E-state index < -0.39 is 6.10 Å². The molecule has 4 aliphatic carbocycles. The summed E-state index contributed by atoms with van der Waals surface area (Å²) in [5.41, 5.74) is 1.56. The lowest BCUT2D eigenvalue weighted by Gasteiger charge is -2.58. The molecule has 3 fully saturated rings. The Kier molecular flexibility index (Phi) is 8.41. The van der Waals surface area contributed by atoms with Crippen molar-refractivity contribution in [1.82, 2.24) is 0 Å². The summed E-state index contributed by atoms with van der Waals surface area (Å²) < 4.78 is 5.90. The van der Waals surface area contributed by atoms with Crippen LogP contribution in [0.3, 0.4) is 0 Å². The minimum atomic E-state index is -0.427. The molecule has 4 aliphatic rings. The topological polar surface area (TPSA) is 63.6 Å². The first kappa shape index (κ1) is 29.5. The van der Waals surface area contributed by atoms with E-state index in [1.807, 2.05) is 24.3 Å². The lowest BCUT2D eigenvalue weighted by atomic mass is 9.46. The van der Waals surface area contributed by atoms with Gasteiger partial charge in [0.15, 0.2) is 5.78 Å². The molecule has 220 valence electrons. The molecule has 5 rings (SSSR count). The van der Waals surface area contributed by atoms with Crippen molar-refractivity contribution in [2.45, 2.75) is 112 Å². The highest BCUT2D eigenvalue weighted by Crippen LogP contribution is 2.66. The number of aliphatic hydroxyl groups is 1. The highest BCUT2D eigenvalue weighted by molar-refractivity contribution is 5.95. The van der Waals surface area contributed by atoms with Crippen LogP contribution in [0.15, 0.2) is 42.0 Å². The Hall–Kier alpha value is -1.94. The molecule has 0 saturated heterocycles. The third-order valence-electron chi connectivity index (χ3n) is 12.3. The number of allylic oxidation sites excluding steroid dienone is 1. The van der Waals surface area contributed by atoms with Crippen LogP contribution < -0.4 is 0 Å². The summed E-state index contributed by atoms with van der Waals surface area (Å²) in [6, 6.07) is 9.11. The number of benzene rings is 1. The summed E-state index contributed by atoms with van der Waals surface area (Å²) in [5.74, 6) is 2.81. The van der Waals surface area contributed by atoms with Gasteiger partial charge in [0, 0.05) is 11.8 Å². The van der Waals surface area contributed by atoms with Gasteiger partial charge >= 0.3 is 5.97 Å². The van der Waals surface area contributed by atoms with E-state index in [0.717, 1.165) is 37.5 Å². The van der Waals surface area contributed by atoms with Crippen LogP contribution in [0.2, 0.25) is 0 Å². The van der Waals surface area contributed by atoms with Gasteiger partial charge in [-0.25, -0.2) is 4.79 Å². The average Bonchev–Trinajstić information content (AvgIpc) is 3.26. The van der Waals surface area contributed by atoms with Crippen molar-refractivity contribution in [1.29, 1.82) is 0 Å². The van der Waals surface area contributed by atoms with E-state index in [1.165, 1.54) is 31.3 Å². The molecule has 10 unspecified atom stereocenters. The maximum absolute atomic E-state index is 13.8. The lowest BCUT2D eigenvalue weighted by molar-refractivity contribution is -0.140. The van der Waals surface area contributed by atoms with Gasteiger partial charge in [0.1, 0.15) is 6.10 Å². The van der Waals surface area contributed by atoms with Crippen LogP contribution in [-0.2, 0) is 9.53 Å². The fraction of sp³-hybridized carbons (Fsp3) is 0.722. The van der Waals surface area contributed by atoms with Crippen LogP contribution in [0.4, 0.5) is 0 Å². The van der Waals surface area contributed by atoms with E-state index in [-0.39, 0.29) is 40.5 Å². The van der Waals surface area contributed by atoms with E-state index >= 15 is 0 Å². The summed E-state index contributed by atoms with van der Waals surface area (Å²) >= 11 is 0. The third kappa shape index (κ3) is 5.12. The largest absolute Gasteiger partial charge is 0.459 e. The summed E-state index contributed by atoms with van der Waals surface area (Å²) in [6.45, 7) is 14.1.